The molecule has 0 N–H and O–H groups in total. The molecule has 656 valence electrons. The van der Waals surface area contributed by atoms with Gasteiger partial charge in [0.05, 0.1) is 39.0 Å². The quantitative estimate of drug-likeness (QED) is 0.101. The fourth-order valence-electron chi connectivity index (χ4n) is 24.6. The molecule has 2 nitrogen and oxygen atoms in total. The highest BCUT2D eigenvalue weighted by atomic mass is 14.7. The van der Waals surface area contributed by atoms with Crippen LogP contribution in [-0.4, -0.2) is 9.97 Å². The SMILES string of the molecule is c1ccc(-c2cc(C3(c4cc(-c5ccccc5)nc(-c5ccccc5)c4)c4cccc5c6ccccc6c6cccc3c6c45)cc(-c3ccccc3)n2)cc1.c1ccc(-c2cc3c(cc2-c2ccccc2)c2cccc4c2c2c(cccc32)C4(c2ccccc2)c2ccccc2)cc1.c1ccc(-c2cc3c4c(c2)c2ccccc2c2cc(-c5ccccc5)cc(c24)C3(c2ccccc2)c2ccccc2)cc1. The molecule has 141 heavy (non-hydrogen) atoms. The van der Waals surface area contributed by atoms with Crippen LogP contribution in [0.5, 0.6) is 0 Å². The first-order valence-corrected chi connectivity index (χ1v) is 49.0. The Morgan fingerprint density at radius 3 is 0.582 bits per heavy atom. The normalized spacial score (nSPS) is 13.1. The molecule has 2 aromatic heterocycles. The minimum absolute atomic E-state index is 0.397. The molecule has 0 saturated heterocycles. The van der Waals surface area contributed by atoms with Gasteiger partial charge in [0.25, 0.3) is 0 Å². The summed E-state index contributed by atoms with van der Waals surface area (Å²) in [4.78, 5) is 10.8. The van der Waals surface area contributed by atoms with Crippen LogP contribution in [-0.2, 0) is 16.2 Å². The summed E-state index contributed by atoms with van der Waals surface area (Å²) >= 11 is 0. The van der Waals surface area contributed by atoms with Gasteiger partial charge in [-0.1, -0.05) is 485 Å². The minimum atomic E-state index is -0.718. The van der Waals surface area contributed by atoms with Crippen LogP contribution >= 0.6 is 0 Å². The lowest BCUT2D eigenvalue weighted by Crippen LogP contribution is -2.29. The summed E-state index contributed by atoms with van der Waals surface area (Å²) in [6, 6.07) is 200. The van der Waals surface area contributed by atoms with E-state index in [9.17, 15) is 0 Å². The third-order valence-corrected chi connectivity index (χ3v) is 30.5. The van der Waals surface area contributed by atoms with Crippen LogP contribution in [0.4, 0.5) is 0 Å². The first kappa shape index (κ1) is 82.4. The summed E-state index contributed by atoms with van der Waals surface area (Å²) in [5.41, 5.74) is 32.0. The van der Waals surface area contributed by atoms with Crippen molar-refractivity contribution in [3.8, 4) is 89.5 Å². The van der Waals surface area contributed by atoms with Crippen LogP contribution in [0.2, 0.25) is 0 Å². The smallest absolute Gasteiger partial charge is 0.0717 e. The van der Waals surface area contributed by atoms with E-state index in [-0.39, 0.29) is 0 Å². The van der Waals surface area contributed by atoms with Gasteiger partial charge in [0.15, 0.2) is 0 Å². The summed E-state index contributed by atoms with van der Waals surface area (Å²) in [6.45, 7) is 0. The lowest BCUT2D eigenvalue weighted by atomic mass is 9.66. The van der Waals surface area contributed by atoms with Crippen molar-refractivity contribution in [2.45, 2.75) is 16.2 Å². The number of rotatable bonds is 14. The fraction of sp³-hybridized carbons (Fsp3) is 0.0216. The van der Waals surface area contributed by atoms with Crippen molar-refractivity contribution in [3.63, 3.8) is 0 Å². The Labute approximate surface area is 819 Å². The monoisotopic (exact) mass is 1790 g/mol. The predicted octanol–water partition coefficient (Wildman–Crippen LogP) is 35.7. The van der Waals surface area contributed by atoms with Crippen molar-refractivity contribution < 1.29 is 0 Å². The number of nitrogens with zero attached hydrogens (tertiary/aromatic N) is 2. The van der Waals surface area contributed by atoms with Gasteiger partial charge in [-0.3, -0.25) is 0 Å². The maximum Gasteiger partial charge on any atom is 0.0717 e. The van der Waals surface area contributed by atoms with Crippen molar-refractivity contribution in [1.29, 1.82) is 0 Å². The van der Waals surface area contributed by atoms with Crippen LogP contribution < -0.4 is 0 Å². The first-order chi connectivity index (χ1) is 70.0. The van der Waals surface area contributed by atoms with Gasteiger partial charge < -0.3 is 0 Å². The molecule has 26 aromatic rings. The molecule has 24 aromatic carbocycles. The summed E-state index contributed by atoms with van der Waals surface area (Å²) in [5, 5.41) is 23.7. The van der Waals surface area contributed by atoms with E-state index in [1.807, 2.05) is 0 Å². The highest BCUT2D eigenvalue weighted by molar-refractivity contribution is 6.33. The van der Waals surface area contributed by atoms with Crippen LogP contribution in [0.15, 0.2) is 546 Å². The molecule has 3 aliphatic carbocycles. The molecule has 0 saturated carbocycles. The fourth-order valence-corrected chi connectivity index (χ4v) is 24.6. The second-order valence-corrected chi connectivity index (χ2v) is 37.7. The van der Waals surface area contributed by atoms with Crippen LogP contribution in [0.25, 0.3) is 186 Å². The van der Waals surface area contributed by atoms with E-state index < -0.39 is 16.2 Å². The van der Waals surface area contributed by atoms with Gasteiger partial charge in [-0.15, -0.1) is 0 Å². The molecule has 0 aliphatic heterocycles. The number of aromatic nitrogens is 2. The first-order valence-electron chi connectivity index (χ1n) is 49.0. The molecular weight excluding hydrogens is 1700 g/mol. The maximum absolute atomic E-state index is 5.38. The van der Waals surface area contributed by atoms with Gasteiger partial charge in [-0.2, -0.15) is 0 Å². The molecule has 0 radical (unpaired) electrons. The molecule has 0 unspecified atom stereocenters. The van der Waals surface area contributed by atoms with Crippen molar-refractivity contribution >= 4 is 97.0 Å². The van der Waals surface area contributed by atoms with E-state index in [0.29, 0.717) is 0 Å². The molecule has 2 heterocycles. The molecule has 0 fully saturated rings. The third-order valence-electron chi connectivity index (χ3n) is 30.5. The second kappa shape index (κ2) is 33.7. The van der Waals surface area contributed by atoms with Gasteiger partial charge in [-0.25, -0.2) is 9.97 Å². The molecule has 0 bridgehead atoms. The molecule has 0 spiro atoms. The van der Waals surface area contributed by atoms with E-state index in [1.165, 1.54) is 208 Å². The van der Waals surface area contributed by atoms with E-state index in [0.717, 1.165) is 45.0 Å². The molecule has 0 amide bonds. The standard InChI is InChI=1S/C53H34N2.2C43H28/c1-5-17-35(18-6-1)47-31-39(32-48(54-47)36-19-7-2-8-20-36)53(40-33-49(37-21-9-3-10-22-37)55-50(34-40)38-23-11-4-12-24-38)45-29-15-27-43-41-25-13-14-26-42(41)44-28-16-30-46(53)52(44)51(43)45;1-5-15-29(16-6-1)35-27-37-33-23-13-25-39-41(33)42-34(38(37)28-36(35)30-17-7-2-8-18-30)24-14-26-40(42)43(39,31-19-9-3-10-20-31)32-21-11-4-12-22-32;1-5-15-29(16-6-1)31-25-37-35-23-13-14-24-36(35)38-26-32(30-17-7-2-8-18-30)28-40-42(38)41(37)39(27-31)43(40,33-19-9-3-10-20-33)34-21-11-4-12-22-34/h1-34H;2*1-28H. The topological polar surface area (TPSA) is 25.8 Å². The van der Waals surface area contributed by atoms with Gasteiger partial charge in [0, 0.05) is 22.3 Å². The molecule has 29 rings (SSSR count). The second-order valence-electron chi connectivity index (χ2n) is 37.7. The van der Waals surface area contributed by atoms with Crippen molar-refractivity contribution in [2.75, 3.05) is 0 Å². The Morgan fingerprint density at radius 1 is 0.113 bits per heavy atom. The Hall–Kier alpha value is -18.1. The van der Waals surface area contributed by atoms with Crippen LogP contribution in [0, 0.1) is 0 Å². The number of pyridine rings is 2. The van der Waals surface area contributed by atoms with Gasteiger partial charge >= 0.3 is 0 Å². The van der Waals surface area contributed by atoms with Crippen molar-refractivity contribution in [2.24, 2.45) is 0 Å². The average molecular weight is 1790 g/mol. The van der Waals surface area contributed by atoms with Crippen molar-refractivity contribution in [1.82, 2.24) is 9.97 Å². The van der Waals surface area contributed by atoms with E-state index >= 15 is 0 Å². The van der Waals surface area contributed by atoms with Crippen LogP contribution in [0.1, 0.15) is 66.8 Å². The predicted molar refractivity (Wildman–Crippen MR) is 592 cm³/mol. The molecule has 0 atom stereocenters. The number of hydrogen-bond acceptors (Lipinski definition) is 2. The number of hydrogen-bond donors (Lipinski definition) is 0. The minimum Gasteiger partial charge on any atom is -0.248 e. The number of benzene rings is 24. The van der Waals surface area contributed by atoms with Gasteiger partial charge in [0.2, 0.25) is 0 Å². The Bertz CT molecular complexity index is 8730. The summed E-state index contributed by atoms with van der Waals surface area (Å²) in [5.74, 6) is 0. The zero-order chi connectivity index (χ0) is 93.1. The zero-order valence-corrected chi connectivity index (χ0v) is 77.4. The Kier molecular flexibility index (Phi) is 19.7. The highest BCUT2D eigenvalue weighted by Gasteiger charge is 2.50. The molecular formula is C139H90N2. The van der Waals surface area contributed by atoms with Crippen molar-refractivity contribution in [3.05, 3.63) is 613 Å². The summed E-state index contributed by atoms with van der Waals surface area (Å²) < 4.78 is 0. The highest BCUT2D eigenvalue weighted by Crippen LogP contribution is 2.63. The Balaban J connectivity index is 0.000000107. The lowest BCUT2D eigenvalue weighted by Gasteiger charge is -2.35. The zero-order valence-electron chi connectivity index (χ0n) is 77.4. The Morgan fingerprint density at radius 2 is 0.312 bits per heavy atom. The summed E-state index contributed by atoms with van der Waals surface area (Å²) in [7, 11) is 0. The maximum atomic E-state index is 5.38. The van der Waals surface area contributed by atoms with Gasteiger partial charge in [-0.05, 0) is 269 Å². The van der Waals surface area contributed by atoms with Crippen LogP contribution in [0.3, 0.4) is 0 Å². The molecule has 2 heteroatoms. The van der Waals surface area contributed by atoms with Gasteiger partial charge in [0.1, 0.15) is 0 Å². The summed E-state index contributed by atoms with van der Waals surface area (Å²) in [6.07, 6.45) is 0. The molecule has 3 aliphatic rings. The van der Waals surface area contributed by atoms with E-state index in [1.54, 1.807) is 0 Å². The lowest BCUT2D eigenvalue weighted by molar-refractivity contribution is 0.769. The largest absolute Gasteiger partial charge is 0.248 e. The third kappa shape index (κ3) is 13.0. The number of fused-ring (bicyclic) bond motifs is 9. The average Bonchev–Trinajstić information content (AvgIpc) is 1.51. The van der Waals surface area contributed by atoms with E-state index in [2.05, 4.69) is 546 Å². The van der Waals surface area contributed by atoms with E-state index in [4.69, 9.17) is 9.97 Å².